The van der Waals surface area contributed by atoms with Crippen LogP contribution in [0, 0.1) is 20.2 Å². The first kappa shape index (κ1) is 86.2. The van der Waals surface area contributed by atoms with E-state index in [1.807, 2.05) is 38.1 Å². The first-order valence-electron chi connectivity index (χ1n) is 31.3. The molecule has 10 heterocycles. The zero-order valence-electron chi connectivity index (χ0n) is 54.4. The fourth-order valence-electron chi connectivity index (χ4n) is 12.9. The number of esters is 3. The summed E-state index contributed by atoms with van der Waals surface area (Å²) in [6, 6.07) is 17.0. The number of carbonyl (C=O) groups is 3. The van der Waals surface area contributed by atoms with Gasteiger partial charge in [0.25, 0.3) is 11.1 Å². The summed E-state index contributed by atoms with van der Waals surface area (Å²) < 4.78 is 19.3. The van der Waals surface area contributed by atoms with Crippen LogP contribution < -0.4 is 30.1 Å². The maximum absolute atomic E-state index is 13.6. The van der Waals surface area contributed by atoms with Crippen molar-refractivity contribution in [2.75, 3.05) is 18.9 Å². The Morgan fingerprint density at radius 2 is 1.15 bits per heavy atom. The monoisotopic (exact) mass is 2740 g/mol. The van der Waals surface area contributed by atoms with Crippen LogP contribution in [-0.4, -0.2) is 95.9 Å². The number of aliphatic hydroxyl groups excluding tert-OH is 1. The molecule has 0 spiro atoms. The fourth-order valence-corrected chi connectivity index (χ4v) is 1060. The van der Waals surface area contributed by atoms with Gasteiger partial charge >= 0.3 is 186 Å². The minimum absolute atomic E-state index is 0. The normalized spacial score (nSPS) is 17.9. The number of nitrogens with two attached hydrogens (primary N) is 1. The maximum atomic E-state index is 13.6. The van der Waals surface area contributed by atoms with E-state index in [9.17, 15) is 54.4 Å². The van der Waals surface area contributed by atoms with Gasteiger partial charge in [-0.05, 0) is 150 Å². The summed E-state index contributed by atoms with van der Waals surface area (Å²) >= 11 is 17.8. The molecule has 0 radical (unpaired) electrons. The Labute approximate surface area is 694 Å². The number of pyridine rings is 6. The summed E-state index contributed by atoms with van der Waals surface area (Å²) in [6.45, 7) is 7.75. The van der Waals surface area contributed by atoms with Crippen LogP contribution in [0.4, 0.5) is 17.1 Å². The standard InChI is InChI=1S/C33H30N4O8S2.C23H21N3O4.C8H10N2O3S2.CH4.I11/c1-3-33(41)23-13-26-29-21(14-36(26)31(39)22(23)16-45-32(33)40)20-7-4-6-19-18(9-10-24(35-29)28(19)20)12-27(38)44-15-17(2)46-47-30-25(37(42)43)8-5-11-34-30;1-2-23(29)15-8-18-20-13(9-26(18)21(27)14(15)10-30-22(23)28)11-4-3-5-12-16(24)6-7-17(25-20)19(11)12;1-6(5-11)14-15-8-7(10(12)13)3-2-4-9-8;;1-7-9(4)11(6)10(5)8(2)3/h5,8-11,13,17,41H,3-4,6-7,12,14-16H2,1-2H3;6-8,29H,2-5,9-10,24H2,1H3;2-4,6,11H,5H2,1H3;1H4;/q;;;;-1/t17-,33+;23-;6-;;/m101../s1. The Morgan fingerprint density at radius 3 is 1.62 bits per heavy atom. The molecule has 14 rings (SSSR count). The number of cyclic esters (lactones) is 2. The molecule has 5 N–H and O–H groups in total. The van der Waals surface area contributed by atoms with Gasteiger partial charge in [-0.1, -0.05) is 55.9 Å². The minimum atomic E-state index is -1.89. The van der Waals surface area contributed by atoms with Crippen molar-refractivity contribution in [2.45, 2.75) is 151 Å². The van der Waals surface area contributed by atoms with E-state index in [4.69, 9.17) is 35.0 Å². The van der Waals surface area contributed by atoms with Gasteiger partial charge in [0.1, 0.15) is 19.8 Å². The summed E-state index contributed by atoms with van der Waals surface area (Å²) in [4.78, 5) is 104. The molecule has 0 saturated carbocycles. The Hall–Kier alpha value is -0.220. The van der Waals surface area contributed by atoms with Crippen molar-refractivity contribution in [3.63, 3.8) is 0 Å². The molecular formula is C65H65I11N9O15S4-. The number of nitrogens with zero attached hydrogens (tertiary/aromatic N) is 8. The van der Waals surface area contributed by atoms with Gasteiger partial charge in [-0.15, -0.1) is 0 Å². The number of fused-ring (bicyclic) bond motifs is 10. The number of nitro groups is 2. The zero-order chi connectivity index (χ0) is 74.1. The third-order valence-corrected chi connectivity index (χ3v) is 602. The van der Waals surface area contributed by atoms with E-state index in [0.29, 0.717) is 64.6 Å². The Kier molecular flexibility index (Phi) is 31.3. The first-order chi connectivity index (χ1) is 49.2. The van der Waals surface area contributed by atoms with Crippen LogP contribution in [-0.2, 0) is 98.2 Å². The molecule has 0 bridgehead atoms. The van der Waals surface area contributed by atoms with E-state index >= 15 is 0 Å². The number of aryl methyl sites for hydroxylation is 4. The molecule has 0 unspecified atom stereocenters. The first-order valence-corrected chi connectivity index (χ1v) is 98.6. The van der Waals surface area contributed by atoms with E-state index in [2.05, 4.69) is 122 Å². The number of halogens is 11. The van der Waals surface area contributed by atoms with Crippen molar-refractivity contribution >= 4 is 243 Å². The molecule has 24 nitrogen and oxygen atoms in total. The van der Waals surface area contributed by atoms with Crippen LogP contribution in [0.25, 0.3) is 44.6 Å². The molecule has 0 saturated heterocycles. The van der Waals surface area contributed by atoms with Gasteiger partial charge in [-0.2, -0.15) is 0 Å². The van der Waals surface area contributed by atoms with Crippen LogP contribution in [0.5, 0.6) is 0 Å². The average Bonchev–Trinajstić information content (AvgIpc) is 1.52. The molecule has 4 atom stereocenters. The number of ether oxygens (including phenoxy) is 3. The van der Waals surface area contributed by atoms with Crippen molar-refractivity contribution in [1.29, 1.82) is 0 Å². The van der Waals surface area contributed by atoms with E-state index in [-0.39, 0.29) is 135 Å². The van der Waals surface area contributed by atoms with Crippen LogP contribution in [0.2, 0.25) is 0 Å². The van der Waals surface area contributed by atoms with E-state index in [1.165, 1.54) is 85.4 Å². The van der Waals surface area contributed by atoms with Gasteiger partial charge < -0.3 is 44.4 Å². The fraction of sp³-hybridized carbons (Fsp3) is 0.369. The van der Waals surface area contributed by atoms with E-state index in [1.54, 1.807) is 35.1 Å². The van der Waals surface area contributed by atoms with E-state index in [0.717, 1.165) is 105 Å². The molecule has 6 aliphatic rings. The molecule has 562 valence electrons. The third kappa shape index (κ3) is 18.1. The van der Waals surface area contributed by atoms with Crippen LogP contribution in [0.3, 0.4) is 0 Å². The summed E-state index contributed by atoms with van der Waals surface area (Å²) in [5.41, 5.74) is 15.7. The summed E-state index contributed by atoms with van der Waals surface area (Å²) in [5, 5.41) is 55.6. The number of hydrogen-bond donors (Lipinski definition) is 4. The zero-order valence-corrected chi connectivity index (χ0v) is 81.4. The molecule has 0 fully saturated rings. The Morgan fingerprint density at radius 1 is 0.692 bits per heavy atom. The molecule has 39 heteroatoms. The quantitative estimate of drug-likeness (QED) is 0.0111. The van der Waals surface area contributed by atoms with Crippen LogP contribution >= 0.6 is 186 Å². The second-order valence-corrected chi connectivity index (χ2v) is 240. The Bertz CT molecular complexity index is 4860. The molecule has 8 aromatic rings. The molecular weight excluding hydrogens is 2670 g/mol. The molecule has 104 heavy (non-hydrogen) atoms. The predicted molar refractivity (Wildman–Crippen MR) is 494 cm³/mol. The number of carbonyl (C=O) groups excluding carboxylic acids is 3. The number of nitrogen functional groups attached to an aromatic ring is 1. The topological polar surface area (TPSA) is 347 Å². The average molecular weight is 2740 g/mol. The van der Waals surface area contributed by atoms with Crippen LogP contribution in [0.1, 0.15) is 122 Å². The van der Waals surface area contributed by atoms with Gasteiger partial charge in [0.2, 0.25) is 0 Å². The second-order valence-electron chi connectivity index (χ2n) is 23.8. The molecule has 2 aliphatic carbocycles. The van der Waals surface area contributed by atoms with Crippen molar-refractivity contribution in [3.05, 3.63) is 175 Å². The van der Waals surface area contributed by atoms with Gasteiger partial charge in [0.05, 0.1) is 80.9 Å². The number of aliphatic hydroxyl groups is 3. The molecule has 6 aromatic heterocycles. The summed E-state index contributed by atoms with van der Waals surface area (Å²) in [7, 11) is 3.95. The summed E-state index contributed by atoms with van der Waals surface area (Å²) in [5.74, 6) is -1.83. The number of hydrogen-bond acceptors (Lipinski definition) is 24. The Balaban J connectivity index is 0.000000172. The second kappa shape index (κ2) is 37.8. The van der Waals surface area contributed by atoms with Gasteiger partial charge in [0, 0.05) is 73.7 Å². The van der Waals surface area contributed by atoms with Gasteiger partial charge in [0.15, 0.2) is 21.3 Å². The van der Waals surface area contributed by atoms with Crippen molar-refractivity contribution in [1.82, 2.24) is 29.1 Å². The number of anilines is 1. The third-order valence-electron chi connectivity index (χ3n) is 17.8. The van der Waals surface area contributed by atoms with Gasteiger partial charge in [-0.25, -0.2) is 29.5 Å². The number of aromatic nitrogens is 6. The number of rotatable bonds is 19. The van der Waals surface area contributed by atoms with Crippen molar-refractivity contribution < 1.29 is 67.0 Å². The van der Waals surface area contributed by atoms with Crippen LogP contribution in [0.15, 0.2) is 92.7 Å². The van der Waals surface area contributed by atoms with Crippen molar-refractivity contribution in [2.24, 2.45) is 0 Å². The molecule has 2 aromatic carbocycles. The van der Waals surface area contributed by atoms with E-state index < -0.39 is 33.0 Å². The molecule has 0 amide bonds. The predicted octanol–water partition coefficient (Wildman–Crippen LogP) is 15.5. The van der Waals surface area contributed by atoms with Gasteiger partial charge in [-0.3, -0.25) is 34.6 Å². The number of benzene rings is 2. The molecule has 4 aliphatic heterocycles. The SMILES string of the molecule is C.CC[C@@]1(O)C(=O)OCc2c1cc1n(c2=O)Cc2c-1nc1ccc(CC(=O)OC[C@@H](C)SSc3ncccc3[N+](=O)[O-])c3c1c2CCC3.CC[C@@]1(O)C(=O)OCc2c1cc1n(c2=O)Cc2c-1nc1ccc(N)c3c1c2CCC3.C[C@H](CO)SSc1ncccc1[N+](=O)[O-].I[I-]I(I)I(I)I(I)I(I)I. The van der Waals surface area contributed by atoms with Crippen molar-refractivity contribution in [3.8, 4) is 22.8 Å². The summed E-state index contributed by atoms with van der Waals surface area (Å²) in [6.07, 6.45) is 8.62.